The Bertz CT molecular complexity index is 852. The molecule has 0 spiro atoms. The quantitative estimate of drug-likeness (QED) is 0.605. The van der Waals surface area contributed by atoms with E-state index in [-0.39, 0.29) is 26.6 Å². The zero-order chi connectivity index (χ0) is 20.2. The van der Waals surface area contributed by atoms with Gasteiger partial charge in [0.05, 0.1) is 4.90 Å². The summed E-state index contributed by atoms with van der Waals surface area (Å²) < 4.78 is 27.3. The molecule has 0 radical (unpaired) electrons. The van der Waals surface area contributed by atoms with Gasteiger partial charge in [-0.15, -0.1) is 0 Å². The SMILES string of the molecule is CC(C)NS(=O)(=O)c1ccc(NC(=O)CC23CC4CC(CC(Br)(C4)C2)C3)cc1. The lowest BCUT2D eigenvalue weighted by Crippen LogP contribution is -2.53. The van der Waals surface area contributed by atoms with Crippen molar-refractivity contribution in [2.24, 2.45) is 17.3 Å². The normalized spacial score (nSPS) is 34.0. The molecule has 0 heterocycles. The van der Waals surface area contributed by atoms with Gasteiger partial charge >= 0.3 is 0 Å². The molecule has 7 heteroatoms. The Kier molecular flexibility index (Phi) is 5.16. The maximum Gasteiger partial charge on any atom is 0.240 e. The molecule has 0 aliphatic heterocycles. The van der Waals surface area contributed by atoms with Crippen LogP contribution in [0.2, 0.25) is 0 Å². The zero-order valence-corrected chi connectivity index (χ0v) is 18.9. The molecule has 0 saturated heterocycles. The molecule has 4 aliphatic rings. The van der Waals surface area contributed by atoms with Crippen LogP contribution < -0.4 is 10.0 Å². The second-order valence-corrected chi connectivity index (χ2v) is 13.0. The van der Waals surface area contributed by atoms with E-state index in [0.29, 0.717) is 12.1 Å². The van der Waals surface area contributed by atoms with Gasteiger partial charge in [0.1, 0.15) is 0 Å². The van der Waals surface area contributed by atoms with E-state index in [9.17, 15) is 13.2 Å². The van der Waals surface area contributed by atoms with E-state index in [1.165, 1.54) is 32.1 Å². The molecule has 4 saturated carbocycles. The number of halogens is 1. The van der Waals surface area contributed by atoms with Crippen molar-refractivity contribution < 1.29 is 13.2 Å². The zero-order valence-electron chi connectivity index (χ0n) is 16.5. The van der Waals surface area contributed by atoms with Crippen LogP contribution in [0.3, 0.4) is 0 Å². The molecule has 1 aromatic rings. The molecule has 4 fully saturated rings. The minimum Gasteiger partial charge on any atom is -0.326 e. The standard InChI is InChI=1S/C21H29BrN2O3S/c1-14(2)24-28(26,27)18-5-3-17(4-6-18)23-19(25)12-20-8-15-7-16(9-20)11-21(22,10-15)13-20/h3-6,14-16,24H,7-13H2,1-2H3,(H,23,25). The van der Waals surface area contributed by atoms with Gasteiger partial charge in [0.25, 0.3) is 0 Å². The number of hydrogen-bond acceptors (Lipinski definition) is 3. The Labute approximate surface area is 176 Å². The van der Waals surface area contributed by atoms with Gasteiger partial charge in [-0.3, -0.25) is 4.79 Å². The first-order valence-electron chi connectivity index (χ1n) is 10.2. The molecule has 4 aliphatic carbocycles. The van der Waals surface area contributed by atoms with Gasteiger partial charge < -0.3 is 5.32 Å². The molecule has 2 unspecified atom stereocenters. The molecule has 5 rings (SSSR count). The number of hydrogen-bond donors (Lipinski definition) is 2. The summed E-state index contributed by atoms with van der Waals surface area (Å²) in [7, 11) is -3.52. The summed E-state index contributed by atoms with van der Waals surface area (Å²) in [4.78, 5) is 13.0. The summed E-state index contributed by atoms with van der Waals surface area (Å²) in [5.41, 5.74) is 0.772. The highest BCUT2D eigenvalue weighted by molar-refractivity contribution is 9.10. The third-order valence-corrected chi connectivity index (χ3v) is 9.09. The lowest BCUT2D eigenvalue weighted by atomic mass is 9.48. The van der Waals surface area contributed by atoms with E-state index in [1.807, 2.05) is 0 Å². The predicted molar refractivity (Wildman–Crippen MR) is 114 cm³/mol. The number of benzene rings is 1. The van der Waals surface area contributed by atoms with Gasteiger partial charge in [-0.05, 0) is 93.9 Å². The van der Waals surface area contributed by atoms with Gasteiger partial charge in [0.15, 0.2) is 0 Å². The van der Waals surface area contributed by atoms with Crippen LogP contribution in [0.1, 0.15) is 58.8 Å². The highest BCUT2D eigenvalue weighted by Gasteiger charge is 2.57. The first-order chi connectivity index (χ1) is 13.1. The number of anilines is 1. The van der Waals surface area contributed by atoms with Crippen molar-refractivity contribution in [1.29, 1.82) is 0 Å². The van der Waals surface area contributed by atoms with E-state index in [2.05, 4.69) is 26.0 Å². The summed E-state index contributed by atoms with van der Waals surface area (Å²) >= 11 is 4.00. The molecule has 28 heavy (non-hydrogen) atoms. The summed E-state index contributed by atoms with van der Waals surface area (Å²) in [6.45, 7) is 3.57. The maximum absolute atomic E-state index is 12.8. The Balaban J connectivity index is 1.41. The van der Waals surface area contributed by atoms with Crippen LogP contribution in [0.15, 0.2) is 29.2 Å². The van der Waals surface area contributed by atoms with Crippen LogP contribution in [0, 0.1) is 17.3 Å². The summed E-state index contributed by atoms with van der Waals surface area (Å²) in [5.74, 6) is 1.55. The number of carbonyl (C=O) groups is 1. The number of amides is 1. The van der Waals surface area contributed by atoms with Crippen molar-refractivity contribution in [1.82, 2.24) is 4.72 Å². The molecule has 2 N–H and O–H groups in total. The van der Waals surface area contributed by atoms with Gasteiger partial charge in [-0.1, -0.05) is 15.9 Å². The van der Waals surface area contributed by atoms with Crippen LogP contribution in [-0.4, -0.2) is 24.7 Å². The molecule has 2 atom stereocenters. The third-order valence-electron chi connectivity index (χ3n) is 6.49. The predicted octanol–water partition coefficient (Wildman–Crippen LogP) is 4.44. The Morgan fingerprint density at radius 1 is 1.14 bits per heavy atom. The Morgan fingerprint density at radius 2 is 1.75 bits per heavy atom. The number of rotatable bonds is 6. The first-order valence-corrected chi connectivity index (χ1v) is 12.5. The average Bonchev–Trinajstić information content (AvgIpc) is 2.50. The molecule has 1 aromatic carbocycles. The minimum absolute atomic E-state index is 0.0361. The molecule has 5 nitrogen and oxygen atoms in total. The average molecular weight is 469 g/mol. The number of nitrogens with one attached hydrogen (secondary N) is 2. The van der Waals surface area contributed by atoms with E-state index in [1.54, 1.807) is 38.1 Å². The minimum atomic E-state index is -3.52. The second kappa shape index (κ2) is 7.10. The topological polar surface area (TPSA) is 75.3 Å². The van der Waals surface area contributed by atoms with Crippen molar-refractivity contribution >= 4 is 37.5 Å². The number of alkyl halides is 1. The Morgan fingerprint density at radius 3 is 2.29 bits per heavy atom. The molecule has 4 bridgehead atoms. The number of sulfonamides is 1. The maximum atomic E-state index is 12.8. The largest absolute Gasteiger partial charge is 0.326 e. The second-order valence-electron chi connectivity index (χ2n) is 9.64. The van der Waals surface area contributed by atoms with E-state index in [4.69, 9.17) is 0 Å². The smallest absolute Gasteiger partial charge is 0.240 e. The highest BCUT2D eigenvalue weighted by atomic mass is 79.9. The van der Waals surface area contributed by atoms with E-state index in [0.717, 1.165) is 18.3 Å². The fraction of sp³-hybridized carbons (Fsp3) is 0.667. The third kappa shape index (κ3) is 4.17. The van der Waals surface area contributed by atoms with Gasteiger partial charge in [-0.25, -0.2) is 13.1 Å². The van der Waals surface area contributed by atoms with Crippen molar-refractivity contribution in [2.45, 2.75) is 74.1 Å². The van der Waals surface area contributed by atoms with Crippen molar-refractivity contribution in [3.8, 4) is 0 Å². The fourth-order valence-electron chi connectivity index (χ4n) is 6.18. The molecular formula is C21H29BrN2O3S. The lowest BCUT2D eigenvalue weighted by molar-refractivity contribution is -0.123. The van der Waals surface area contributed by atoms with E-state index >= 15 is 0 Å². The van der Waals surface area contributed by atoms with Crippen LogP contribution >= 0.6 is 15.9 Å². The van der Waals surface area contributed by atoms with Crippen LogP contribution in [0.5, 0.6) is 0 Å². The first kappa shape index (κ1) is 20.4. The van der Waals surface area contributed by atoms with Gasteiger partial charge in [0, 0.05) is 22.5 Å². The number of carbonyl (C=O) groups excluding carboxylic acids is 1. The fourth-order valence-corrected chi connectivity index (χ4v) is 8.95. The van der Waals surface area contributed by atoms with Crippen molar-refractivity contribution in [3.05, 3.63) is 24.3 Å². The van der Waals surface area contributed by atoms with Gasteiger partial charge in [-0.2, -0.15) is 0 Å². The van der Waals surface area contributed by atoms with Crippen molar-refractivity contribution in [2.75, 3.05) is 5.32 Å². The Hall–Kier alpha value is -0.920. The summed E-state index contributed by atoms with van der Waals surface area (Å²) in [6, 6.07) is 6.25. The monoisotopic (exact) mass is 468 g/mol. The highest BCUT2D eigenvalue weighted by Crippen LogP contribution is 2.65. The van der Waals surface area contributed by atoms with Crippen LogP contribution in [-0.2, 0) is 14.8 Å². The van der Waals surface area contributed by atoms with Crippen LogP contribution in [0.25, 0.3) is 0 Å². The van der Waals surface area contributed by atoms with Crippen LogP contribution in [0.4, 0.5) is 5.69 Å². The molecule has 1 amide bonds. The van der Waals surface area contributed by atoms with Crippen molar-refractivity contribution in [3.63, 3.8) is 0 Å². The summed E-state index contributed by atoms with van der Waals surface area (Å²) in [6.07, 6.45) is 7.84. The van der Waals surface area contributed by atoms with Gasteiger partial charge in [0.2, 0.25) is 15.9 Å². The molecule has 154 valence electrons. The molecule has 0 aromatic heterocycles. The van der Waals surface area contributed by atoms with E-state index < -0.39 is 10.0 Å². The lowest BCUT2D eigenvalue weighted by Gasteiger charge is -2.60. The molecular weight excluding hydrogens is 440 g/mol. The summed E-state index contributed by atoms with van der Waals surface area (Å²) in [5, 5.41) is 2.98.